The molecule has 34 heavy (non-hydrogen) atoms. The number of hydrogen-bond acceptors (Lipinski definition) is 6. The van der Waals surface area contributed by atoms with E-state index in [0.29, 0.717) is 10.6 Å². The van der Waals surface area contributed by atoms with Gasteiger partial charge in [-0.3, -0.25) is 19.2 Å². The highest BCUT2D eigenvalue weighted by Crippen LogP contribution is 2.19. The van der Waals surface area contributed by atoms with Crippen LogP contribution in [0.4, 0.5) is 5.82 Å². The number of likely N-dealkylation sites (N-methyl/N-ethyl adjacent to an activating group) is 2. The summed E-state index contributed by atoms with van der Waals surface area (Å²) < 4.78 is 0. The molecule has 180 valence electrons. The summed E-state index contributed by atoms with van der Waals surface area (Å²) in [6.45, 7) is 1.46. The average molecular weight is 487 g/mol. The second-order valence-electron chi connectivity index (χ2n) is 8.26. The number of fused-ring (bicyclic) bond motifs is 1. The highest BCUT2D eigenvalue weighted by molar-refractivity contribution is 6.39. The number of aromatic nitrogens is 1. The second-order valence-corrected chi connectivity index (χ2v) is 8.69. The molecule has 0 spiro atoms. The van der Waals surface area contributed by atoms with Gasteiger partial charge in [0.05, 0.1) is 5.02 Å². The molecule has 1 unspecified atom stereocenters. The smallest absolute Gasteiger partial charge is 0.314 e. The van der Waals surface area contributed by atoms with Crippen LogP contribution in [0.2, 0.25) is 5.02 Å². The zero-order chi connectivity index (χ0) is 24.8. The molecule has 0 bridgehead atoms. The summed E-state index contributed by atoms with van der Waals surface area (Å²) in [5.41, 5.74) is 2.69. The van der Waals surface area contributed by atoms with Crippen molar-refractivity contribution in [3.8, 4) is 0 Å². The van der Waals surface area contributed by atoms with E-state index in [4.69, 9.17) is 11.6 Å². The molecule has 2 heterocycles. The second kappa shape index (κ2) is 11.1. The number of nitrogens with one attached hydrogen (secondary N) is 3. The molecule has 3 N–H and O–H groups in total. The Kier molecular flexibility index (Phi) is 8.19. The number of halogens is 1. The molecule has 11 heteroatoms. The van der Waals surface area contributed by atoms with Gasteiger partial charge in [0.15, 0.2) is 0 Å². The van der Waals surface area contributed by atoms with Gasteiger partial charge in [0.1, 0.15) is 11.9 Å². The Labute approximate surface area is 202 Å². The van der Waals surface area contributed by atoms with E-state index >= 15 is 0 Å². The molecule has 1 aromatic heterocycles. The first-order valence-corrected chi connectivity index (χ1v) is 11.0. The SMILES string of the molecule is CN1CCc2cc(C(=O)NC(CNC(=O)C(=O)Nc3ccc(Cl)cn3)C(=O)N(C)C)ccc2C1. The minimum atomic E-state index is -1.06. The van der Waals surface area contributed by atoms with Crippen LogP contribution in [0.25, 0.3) is 0 Å². The van der Waals surface area contributed by atoms with E-state index in [1.807, 2.05) is 19.2 Å². The standard InChI is InChI=1S/C23H27ClN6O4/c1-29(2)23(34)18(12-26-21(32)22(33)28-19-7-6-17(24)11-25-19)27-20(31)15-4-5-16-13-30(3)9-8-14(16)10-15/h4-7,10-11,18H,8-9,12-13H2,1-3H3,(H,26,32)(H,27,31)(H,25,28,33). The van der Waals surface area contributed by atoms with Crippen LogP contribution in [0.1, 0.15) is 21.5 Å². The number of carbonyl (C=O) groups excluding carboxylic acids is 4. The summed E-state index contributed by atoms with van der Waals surface area (Å²) in [6, 6.07) is 7.37. The molecule has 10 nitrogen and oxygen atoms in total. The van der Waals surface area contributed by atoms with E-state index in [1.54, 1.807) is 6.07 Å². The minimum Gasteiger partial charge on any atom is -0.347 e. The molecule has 1 atom stereocenters. The fourth-order valence-electron chi connectivity index (χ4n) is 3.49. The molecule has 3 rings (SSSR count). The maximum Gasteiger partial charge on any atom is 0.314 e. The van der Waals surface area contributed by atoms with Crippen LogP contribution < -0.4 is 16.0 Å². The maximum atomic E-state index is 12.9. The van der Waals surface area contributed by atoms with E-state index in [0.717, 1.165) is 25.1 Å². The molecule has 0 fully saturated rings. The van der Waals surface area contributed by atoms with Crippen molar-refractivity contribution in [3.05, 3.63) is 58.2 Å². The predicted octanol–water partition coefficient (Wildman–Crippen LogP) is 0.664. The van der Waals surface area contributed by atoms with Gasteiger partial charge < -0.3 is 25.8 Å². The van der Waals surface area contributed by atoms with Crippen molar-refractivity contribution in [2.45, 2.75) is 19.0 Å². The minimum absolute atomic E-state index is 0.150. The highest BCUT2D eigenvalue weighted by atomic mass is 35.5. The molecule has 1 aromatic carbocycles. The summed E-state index contributed by atoms with van der Waals surface area (Å²) in [4.78, 5) is 57.3. The third kappa shape index (κ3) is 6.52. The summed E-state index contributed by atoms with van der Waals surface area (Å²) in [7, 11) is 5.12. The number of nitrogens with zero attached hydrogens (tertiary/aromatic N) is 3. The number of pyridine rings is 1. The van der Waals surface area contributed by atoms with E-state index in [2.05, 4.69) is 25.8 Å². The Morgan fingerprint density at radius 1 is 1.12 bits per heavy atom. The number of amides is 4. The number of benzene rings is 1. The van der Waals surface area contributed by atoms with Gasteiger partial charge in [-0.25, -0.2) is 4.98 Å². The van der Waals surface area contributed by atoms with Crippen molar-refractivity contribution >= 4 is 41.0 Å². The van der Waals surface area contributed by atoms with Crippen LogP contribution in [-0.4, -0.2) is 78.7 Å². The Morgan fingerprint density at radius 2 is 1.88 bits per heavy atom. The molecule has 1 aliphatic heterocycles. The van der Waals surface area contributed by atoms with Gasteiger partial charge >= 0.3 is 11.8 Å². The first-order valence-electron chi connectivity index (χ1n) is 10.7. The van der Waals surface area contributed by atoms with Gasteiger partial charge in [0.25, 0.3) is 5.91 Å². The molecule has 1 aliphatic rings. The number of carbonyl (C=O) groups is 4. The van der Waals surface area contributed by atoms with Crippen LogP contribution >= 0.6 is 11.6 Å². The van der Waals surface area contributed by atoms with Crippen LogP contribution in [0.15, 0.2) is 36.5 Å². The Morgan fingerprint density at radius 3 is 2.56 bits per heavy atom. The molecule has 0 aliphatic carbocycles. The molecule has 0 radical (unpaired) electrons. The molecule has 0 saturated carbocycles. The first kappa shape index (κ1) is 25.1. The van der Waals surface area contributed by atoms with Crippen molar-refractivity contribution in [1.82, 2.24) is 25.4 Å². The molecule has 2 aromatic rings. The number of anilines is 1. The zero-order valence-electron chi connectivity index (χ0n) is 19.2. The van der Waals surface area contributed by atoms with Crippen molar-refractivity contribution in [1.29, 1.82) is 0 Å². The van der Waals surface area contributed by atoms with Gasteiger partial charge in [-0.05, 0) is 48.9 Å². The number of rotatable bonds is 6. The number of hydrogen-bond donors (Lipinski definition) is 3. The lowest BCUT2D eigenvalue weighted by Crippen LogP contribution is -2.53. The lowest BCUT2D eigenvalue weighted by Gasteiger charge is -2.25. The highest BCUT2D eigenvalue weighted by Gasteiger charge is 2.26. The summed E-state index contributed by atoms with van der Waals surface area (Å²) in [5, 5.41) is 7.78. The van der Waals surface area contributed by atoms with Gasteiger partial charge in [-0.15, -0.1) is 0 Å². The van der Waals surface area contributed by atoms with Crippen LogP contribution in [0.3, 0.4) is 0 Å². The van der Waals surface area contributed by atoms with E-state index in [1.165, 1.54) is 42.9 Å². The lowest BCUT2D eigenvalue weighted by atomic mass is 9.97. The third-order valence-electron chi connectivity index (χ3n) is 5.36. The molecule has 0 saturated heterocycles. The van der Waals surface area contributed by atoms with Crippen molar-refractivity contribution in [2.75, 3.05) is 39.5 Å². The molecule has 4 amide bonds. The summed E-state index contributed by atoms with van der Waals surface area (Å²) in [5.74, 6) is -2.64. The van der Waals surface area contributed by atoms with E-state index in [9.17, 15) is 19.2 Å². The molecular formula is C23H27ClN6O4. The van der Waals surface area contributed by atoms with Gasteiger partial charge in [-0.1, -0.05) is 17.7 Å². The topological polar surface area (TPSA) is 124 Å². The predicted molar refractivity (Wildman–Crippen MR) is 127 cm³/mol. The van der Waals surface area contributed by atoms with Gasteiger partial charge in [-0.2, -0.15) is 0 Å². The van der Waals surface area contributed by atoms with E-state index < -0.39 is 29.7 Å². The zero-order valence-corrected chi connectivity index (χ0v) is 20.0. The first-order chi connectivity index (χ1) is 16.1. The largest absolute Gasteiger partial charge is 0.347 e. The average Bonchev–Trinajstić information content (AvgIpc) is 2.81. The van der Waals surface area contributed by atoms with E-state index in [-0.39, 0.29) is 12.4 Å². The Hall–Kier alpha value is -3.50. The van der Waals surface area contributed by atoms with Crippen molar-refractivity contribution < 1.29 is 19.2 Å². The Bertz CT molecular complexity index is 1090. The summed E-state index contributed by atoms with van der Waals surface area (Å²) in [6.07, 6.45) is 2.16. The van der Waals surface area contributed by atoms with Crippen molar-refractivity contribution in [3.63, 3.8) is 0 Å². The van der Waals surface area contributed by atoms with Gasteiger partial charge in [0.2, 0.25) is 5.91 Å². The third-order valence-corrected chi connectivity index (χ3v) is 5.58. The summed E-state index contributed by atoms with van der Waals surface area (Å²) >= 11 is 5.75. The quantitative estimate of drug-likeness (QED) is 0.515. The normalized spacial score (nSPS) is 13.9. The lowest BCUT2D eigenvalue weighted by molar-refractivity contribution is -0.136. The fraction of sp³-hybridized carbons (Fsp3) is 0.348. The van der Waals surface area contributed by atoms with Crippen LogP contribution in [-0.2, 0) is 27.3 Å². The maximum absolute atomic E-state index is 12.9. The fourth-order valence-corrected chi connectivity index (χ4v) is 3.60. The monoisotopic (exact) mass is 486 g/mol. The van der Waals surface area contributed by atoms with Gasteiger partial charge in [0, 0.05) is 45.5 Å². The van der Waals surface area contributed by atoms with Crippen molar-refractivity contribution in [2.24, 2.45) is 0 Å². The van der Waals surface area contributed by atoms with Crippen LogP contribution in [0.5, 0.6) is 0 Å². The Balaban J connectivity index is 1.63. The molecular weight excluding hydrogens is 460 g/mol. The van der Waals surface area contributed by atoms with Crippen LogP contribution in [0, 0.1) is 0 Å².